The number of ether oxygens (including phenoxy) is 2. The number of hydrogen-bond acceptors (Lipinski definition) is 3. The molecule has 0 unspecified atom stereocenters. The van der Waals surface area contributed by atoms with E-state index in [0.717, 1.165) is 30.4 Å². The molecule has 0 bridgehead atoms. The van der Waals surface area contributed by atoms with Gasteiger partial charge in [0.2, 0.25) is 0 Å². The number of benzene rings is 1. The van der Waals surface area contributed by atoms with Crippen molar-refractivity contribution in [2.45, 2.75) is 38.6 Å². The van der Waals surface area contributed by atoms with E-state index in [-0.39, 0.29) is 27.1 Å². The van der Waals surface area contributed by atoms with Crippen molar-refractivity contribution in [2.24, 2.45) is 0 Å². The smallest absolute Gasteiger partial charge is 0.418 e. The van der Waals surface area contributed by atoms with Gasteiger partial charge in [-0.1, -0.05) is 19.6 Å². The van der Waals surface area contributed by atoms with Gasteiger partial charge in [-0.15, -0.1) is 0 Å². The summed E-state index contributed by atoms with van der Waals surface area (Å²) in [6.07, 6.45) is -2.63. The lowest BCUT2D eigenvalue weighted by atomic mass is 10.2. The van der Waals surface area contributed by atoms with Crippen LogP contribution in [0, 0.1) is 15.2 Å². The molecule has 2 aromatic heterocycles. The Hall–Kier alpha value is -1.73. The van der Waals surface area contributed by atoms with Crippen LogP contribution in [-0.2, 0) is 17.6 Å². The van der Waals surface area contributed by atoms with Crippen LogP contribution in [0.1, 0.15) is 5.56 Å². The average Bonchev–Trinajstić information content (AvgIpc) is 3.01. The first-order valence-corrected chi connectivity index (χ1v) is 14.1. The molecule has 0 atom stereocenters. The maximum absolute atomic E-state index is 14.2. The molecular weight excluding hydrogens is 550 g/mol. The number of hydrogen-bond donors (Lipinski definition) is 0. The van der Waals surface area contributed by atoms with E-state index in [2.05, 4.69) is 24.6 Å². The quantitative estimate of drug-likeness (QED) is 0.132. The molecule has 0 radical (unpaired) electrons. The Morgan fingerprint density at radius 2 is 1.77 bits per heavy atom. The fraction of sp³-hybridized carbons (Fsp3) is 0.350. The number of halogens is 6. The molecule has 168 valence electrons. The monoisotopic (exact) mass is 570 g/mol. The van der Waals surface area contributed by atoms with Crippen molar-refractivity contribution >= 4 is 41.7 Å². The molecule has 0 spiro atoms. The SMILES string of the molecule is C[Si](C)(C)CCOCn1cc(C(F)(F)F)c2c(Oc3c(F)cc(I)cc3F)ccnc21. The zero-order chi connectivity index (χ0) is 23.0. The minimum Gasteiger partial charge on any atom is -0.450 e. The van der Waals surface area contributed by atoms with Crippen molar-refractivity contribution in [3.63, 3.8) is 0 Å². The normalized spacial score (nSPS) is 12.5. The van der Waals surface area contributed by atoms with Crippen molar-refractivity contribution < 1.29 is 31.4 Å². The predicted octanol–water partition coefficient (Wildman–Crippen LogP) is 7.04. The van der Waals surface area contributed by atoms with Crippen LogP contribution in [0.25, 0.3) is 11.0 Å². The fourth-order valence-electron chi connectivity index (χ4n) is 2.86. The number of fused-ring (bicyclic) bond motifs is 1. The van der Waals surface area contributed by atoms with Gasteiger partial charge in [0, 0.05) is 30.6 Å². The Bertz CT molecular complexity index is 1070. The van der Waals surface area contributed by atoms with Gasteiger partial charge in [0.15, 0.2) is 17.4 Å². The fourth-order valence-corrected chi connectivity index (χ4v) is 4.17. The van der Waals surface area contributed by atoms with E-state index >= 15 is 0 Å². The number of alkyl halides is 3. The van der Waals surface area contributed by atoms with Crippen LogP contribution in [-0.4, -0.2) is 24.2 Å². The summed E-state index contributed by atoms with van der Waals surface area (Å²) in [5.74, 6) is -3.16. The van der Waals surface area contributed by atoms with Crippen LogP contribution in [0.3, 0.4) is 0 Å². The second kappa shape index (κ2) is 9.02. The number of rotatable bonds is 7. The van der Waals surface area contributed by atoms with Gasteiger partial charge in [0.1, 0.15) is 18.1 Å². The molecule has 4 nitrogen and oxygen atoms in total. The molecule has 0 aliphatic carbocycles. The summed E-state index contributed by atoms with van der Waals surface area (Å²) in [4.78, 5) is 4.03. The highest BCUT2D eigenvalue weighted by Crippen LogP contribution is 2.41. The maximum Gasteiger partial charge on any atom is 0.418 e. The van der Waals surface area contributed by atoms with Crippen LogP contribution >= 0.6 is 22.6 Å². The van der Waals surface area contributed by atoms with E-state index < -0.39 is 37.2 Å². The van der Waals surface area contributed by atoms with E-state index in [9.17, 15) is 22.0 Å². The van der Waals surface area contributed by atoms with Crippen molar-refractivity contribution in [3.8, 4) is 11.5 Å². The Balaban J connectivity index is 2.01. The molecule has 3 rings (SSSR count). The van der Waals surface area contributed by atoms with Gasteiger partial charge in [-0.3, -0.25) is 0 Å². The van der Waals surface area contributed by atoms with Crippen LogP contribution in [0.5, 0.6) is 11.5 Å². The molecular formula is C20H20F5IN2O2Si. The molecule has 0 N–H and O–H groups in total. The highest BCUT2D eigenvalue weighted by atomic mass is 127. The minimum absolute atomic E-state index is 0.0517. The molecule has 3 aromatic rings. The van der Waals surface area contributed by atoms with Crippen molar-refractivity contribution in [1.29, 1.82) is 0 Å². The number of aromatic nitrogens is 2. The molecule has 0 saturated carbocycles. The van der Waals surface area contributed by atoms with E-state index in [0.29, 0.717) is 6.61 Å². The summed E-state index contributed by atoms with van der Waals surface area (Å²) in [5, 5.41) is -0.388. The first-order chi connectivity index (χ1) is 14.4. The van der Waals surface area contributed by atoms with E-state index in [1.165, 1.54) is 10.8 Å². The van der Waals surface area contributed by atoms with E-state index in [4.69, 9.17) is 9.47 Å². The molecule has 31 heavy (non-hydrogen) atoms. The molecule has 0 aliphatic rings. The first kappa shape index (κ1) is 23.9. The zero-order valence-electron chi connectivity index (χ0n) is 17.0. The Morgan fingerprint density at radius 1 is 1.13 bits per heavy atom. The zero-order valence-corrected chi connectivity index (χ0v) is 20.1. The second-order valence-corrected chi connectivity index (χ2v) is 15.0. The van der Waals surface area contributed by atoms with Gasteiger partial charge in [-0.05, 0) is 46.8 Å². The molecule has 11 heteroatoms. The Morgan fingerprint density at radius 3 is 2.35 bits per heavy atom. The molecule has 0 fully saturated rings. The van der Waals surface area contributed by atoms with Gasteiger partial charge in [-0.25, -0.2) is 13.8 Å². The standard InChI is InChI=1S/C20H20F5IN2O2Si/c1-31(2,3)7-6-29-11-28-10-13(20(23,24)25)17-16(4-5-27-19(17)28)30-18-14(21)8-12(26)9-15(18)22/h4-5,8-10H,6-7,11H2,1-3H3. The number of pyridine rings is 1. The third-order valence-corrected chi connectivity index (χ3v) is 6.75. The van der Waals surface area contributed by atoms with Crippen molar-refractivity contribution in [1.82, 2.24) is 9.55 Å². The van der Waals surface area contributed by atoms with Crippen LogP contribution in [0.4, 0.5) is 22.0 Å². The van der Waals surface area contributed by atoms with Crippen molar-refractivity contribution in [2.75, 3.05) is 6.61 Å². The van der Waals surface area contributed by atoms with Crippen molar-refractivity contribution in [3.05, 3.63) is 51.4 Å². The molecule has 0 amide bonds. The van der Waals surface area contributed by atoms with Gasteiger partial charge in [0.05, 0.1) is 10.9 Å². The largest absolute Gasteiger partial charge is 0.450 e. The topological polar surface area (TPSA) is 36.3 Å². The second-order valence-electron chi connectivity index (χ2n) is 8.17. The van der Waals surface area contributed by atoms with Gasteiger partial charge >= 0.3 is 6.18 Å². The van der Waals surface area contributed by atoms with Crippen LogP contribution in [0.2, 0.25) is 25.7 Å². The van der Waals surface area contributed by atoms with Gasteiger partial charge in [-0.2, -0.15) is 13.2 Å². The predicted molar refractivity (Wildman–Crippen MR) is 118 cm³/mol. The minimum atomic E-state index is -4.73. The van der Waals surface area contributed by atoms with Crippen LogP contribution < -0.4 is 4.74 Å². The summed E-state index contributed by atoms with van der Waals surface area (Å²) < 4.78 is 82.0. The highest BCUT2D eigenvalue weighted by molar-refractivity contribution is 14.1. The molecule has 0 saturated heterocycles. The Labute approximate surface area is 190 Å². The van der Waals surface area contributed by atoms with E-state index in [1.54, 1.807) is 22.6 Å². The third-order valence-electron chi connectivity index (χ3n) is 4.43. The molecule has 2 heterocycles. The number of nitrogens with zero attached hydrogens (tertiary/aromatic N) is 2. The van der Waals surface area contributed by atoms with E-state index in [1.807, 2.05) is 0 Å². The Kier molecular flexibility index (Phi) is 6.96. The third kappa shape index (κ3) is 5.74. The molecule has 0 aliphatic heterocycles. The highest BCUT2D eigenvalue weighted by Gasteiger charge is 2.37. The van der Waals surface area contributed by atoms with Gasteiger partial charge in [0.25, 0.3) is 0 Å². The maximum atomic E-state index is 14.2. The summed E-state index contributed by atoms with van der Waals surface area (Å²) in [6, 6.07) is 4.05. The van der Waals surface area contributed by atoms with Crippen LogP contribution in [0.15, 0.2) is 30.6 Å². The lowest BCUT2D eigenvalue weighted by molar-refractivity contribution is -0.136. The summed E-state index contributed by atoms with van der Waals surface area (Å²) in [5.41, 5.74) is -1.07. The summed E-state index contributed by atoms with van der Waals surface area (Å²) >= 11 is 1.72. The molecule has 1 aromatic carbocycles. The van der Waals surface area contributed by atoms with Gasteiger partial charge < -0.3 is 14.0 Å². The lowest BCUT2D eigenvalue weighted by Crippen LogP contribution is -2.22. The summed E-state index contributed by atoms with van der Waals surface area (Å²) in [7, 11) is -1.36. The first-order valence-electron chi connectivity index (χ1n) is 9.32. The lowest BCUT2D eigenvalue weighted by Gasteiger charge is -2.15. The average molecular weight is 570 g/mol. The summed E-state index contributed by atoms with van der Waals surface area (Å²) in [6.45, 7) is 6.76.